The van der Waals surface area contributed by atoms with Crippen LogP contribution in [0.15, 0.2) is 41.1 Å². The van der Waals surface area contributed by atoms with Gasteiger partial charge in [0, 0.05) is 32.6 Å². The Kier molecular flexibility index (Phi) is 9.26. The van der Waals surface area contributed by atoms with Gasteiger partial charge in [0.1, 0.15) is 34.2 Å². The van der Waals surface area contributed by atoms with Crippen molar-refractivity contribution in [2.75, 3.05) is 13.2 Å². The van der Waals surface area contributed by atoms with E-state index in [9.17, 15) is 9.35 Å². The molecular formula is C23H35N3O4SSi. The summed E-state index contributed by atoms with van der Waals surface area (Å²) in [5.41, 5.74) is 2.04. The molecule has 0 saturated heterocycles. The molecule has 0 N–H and O–H groups in total. The highest BCUT2D eigenvalue weighted by Gasteiger charge is 2.29. The van der Waals surface area contributed by atoms with Gasteiger partial charge in [0.25, 0.3) is 0 Å². The van der Waals surface area contributed by atoms with E-state index in [1.165, 1.54) is 0 Å². The topological polar surface area (TPSA) is 88.8 Å². The summed E-state index contributed by atoms with van der Waals surface area (Å²) in [6, 6.07) is 8.20. The molecule has 0 spiro atoms. The van der Waals surface area contributed by atoms with Crippen molar-refractivity contribution in [1.82, 2.24) is 9.55 Å². The number of hydrogen-bond acceptors (Lipinski definition) is 6. The summed E-state index contributed by atoms with van der Waals surface area (Å²) in [6.07, 6.45) is 3.45. The molecule has 0 fully saturated rings. The highest BCUT2D eigenvalue weighted by atomic mass is 32.2. The molecule has 0 aliphatic rings. The van der Waals surface area contributed by atoms with Crippen molar-refractivity contribution in [3.8, 4) is 0 Å². The number of pyridine rings is 1. The van der Waals surface area contributed by atoms with E-state index >= 15 is 0 Å². The van der Waals surface area contributed by atoms with Gasteiger partial charge in [-0.15, -0.1) is 0 Å². The summed E-state index contributed by atoms with van der Waals surface area (Å²) in [4.78, 5) is 17.0. The van der Waals surface area contributed by atoms with Crippen molar-refractivity contribution in [1.29, 1.82) is 0 Å². The number of aromatic nitrogens is 2. The lowest BCUT2D eigenvalue weighted by atomic mass is 10.1. The summed E-state index contributed by atoms with van der Waals surface area (Å²) in [6.45, 7) is 15.3. The molecule has 0 radical (unpaired) electrons. The standard InChI is InChI=1S/C23H35N3O4SSi/c1-8-30-22(27)20-15-18(16-26(20)17-29-13-14-32(5,6)7)21(19-11-9-10-12-24-19)25-31(28)23(2,3)4/h9-12,15-16H,8,13-14,17H2,1-7H3/b25-21-. The van der Waals surface area contributed by atoms with Gasteiger partial charge in [0.05, 0.1) is 12.3 Å². The van der Waals surface area contributed by atoms with E-state index in [1.54, 1.807) is 30.0 Å². The SMILES string of the molecule is CCOC(=O)c1cc(/C(=N/[S+]([O-])C(C)(C)C)c2ccccn2)cn1COCC[Si](C)(C)C. The van der Waals surface area contributed by atoms with Crippen LogP contribution >= 0.6 is 0 Å². The average molecular weight is 478 g/mol. The molecular weight excluding hydrogens is 442 g/mol. The highest BCUT2D eigenvalue weighted by molar-refractivity contribution is 7.91. The first-order valence-electron chi connectivity index (χ1n) is 10.8. The first kappa shape index (κ1) is 26.3. The Balaban J connectivity index is 2.44. The number of rotatable bonds is 10. The van der Waals surface area contributed by atoms with E-state index in [-0.39, 0.29) is 13.3 Å². The van der Waals surface area contributed by atoms with Gasteiger partial charge < -0.3 is 18.6 Å². The van der Waals surface area contributed by atoms with Crippen LogP contribution in [-0.4, -0.2) is 51.8 Å². The minimum atomic E-state index is -1.50. The Labute approximate surface area is 195 Å². The van der Waals surface area contributed by atoms with Gasteiger partial charge in [-0.25, -0.2) is 4.79 Å². The third-order valence-electron chi connectivity index (χ3n) is 4.49. The normalized spacial score (nSPS) is 13.8. The lowest BCUT2D eigenvalue weighted by Crippen LogP contribution is -2.27. The minimum Gasteiger partial charge on any atom is -0.591 e. The fourth-order valence-corrected chi connectivity index (χ4v) is 4.03. The third-order valence-corrected chi connectivity index (χ3v) is 7.59. The monoisotopic (exact) mass is 477 g/mol. The number of esters is 1. The van der Waals surface area contributed by atoms with Crippen LogP contribution in [-0.2, 0) is 27.6 Å². The van der Waals surface area contributed by atoms with E-state index in [4.69, 9.17) is 9.47 Å². The molecule has 9 heteroatoms. The maximum atomic E-state index is 12.8. The zero-order chi connectivity index (χ0) is 23.9. The molecule has 0 amide bonds. The lowest BCUT2D eigenvalue weighted by Gasteiger charge is -2.19. The van der Waals surface area contributed by atoms with Crippen LogP contribution in [0.4, 0.5) is 0 Å². The van der Waals surface area contributed by atoms with Gasteiger partial charge in [-0.3, -0.25) is 4.98 Å². The summed E-state index contributed by atoms with van der Waals surface area (Å²) in [7, 11) is -1.22. The molecule has 32 heavy (non-hydrogen) atoms. The van der Waals surface area contributed by atoms with E-state index in [0.717, 1.165) is 6.04 Å². The predicted molar refractivity (Wildman–Crippen MR) is 132 cm³/mol. The summed E-state index contributed by atoms with van der Waals surface area (Å²) < 4.78 is 29.6. The molecule has 0 bridgehead atoms. The van der Waals surface area contributed by atoms with Gasteiger partial charge in [0.15, 0.2) is 0 Å². The maximum absolute atomic E-state index is 12.8. The average Bonchev–Trinajstić information content (AvgIpc) is 3.12. The quantitative estimate of drug-likeness (QED) is 0.163. The van der Waals surface area contributed by atoms with E-state index < -0.39 is 30.2 Å². The van der Waals surface area contributed by atoms with E-state index in [1.807, 2.05) is 39.0 Å². The number of carbonyl (C=O) groups excluding carboxylic acids is 1. The number of nitrogens with zero attached hydrogens (tertiary/aromatic N) is 3. The zero-order valence-electron chi connectivity index (χ0n) is 20.2. The van der Waals surface area contributed by atoms with Gasteiger partial charge in [-0.05, 0) is 51.9 Å². The van der Waals surface area contributed by atoms with Crippen molar-refractivity contribution in [2.45, 2.75) is 64.9 Å². The van der Waals surface area contributed by atoms with Gasteiger partial charge >= 0.3 is 5.97 Å². The molecule has 2 aromatic heterocycles. The van der Waals surface area contributed by atoms with Crippen LogP contribution in [0.5, 0.6) is 0 Å². The van der Waals surface area contributed by atoms with Crippen LogP contribution in [0.3, 0.4) is 0 Å². The van der Waals surface area contributed by atoms with E-state index in [2.05, 4.69) is 29.0 Å². The van der Waals surface area contributed by atoms with Crippen LogP contribution in [0.25, 0.3) is 0 Å². The largest absolute Gasteiger partial charge is 0.591 e. The van der Waals surface area contributed by atoms with Gasteiger partial charge in [-0.1, -0.05) is 30.1 Å². The fraction of sp³-hybridized carbons (Fsp3) is 0.522. The first-order chi connectivity index (χ1) is 14.9. The number of carbonyl (C=O) groups is 1. The molecule has 2 rings (SSSR count). The van der Waals surface area contributed by atoms with Crippen LogP contribution < -0.4 is 0 Å². The second-order valence-corrected chi connectivity index (χ2v) is 17.2. The van der Waals surface area contributed by atoms with Crippen molar-refractivity contribution in [2.24, 2.45) is 4.40 Å². The maximum Gasteiger partial charge on any atom is 0.355 e. The smallest absolute Gasteiger partial charge is 0.355 e. The minimum absolute atomic E-state index is 0.219. The summed E-state index contributed by atoms with van der Waals surface area (Å²) in [5.74, 6) is -0.440. The Morgan fingerprint density at radius 1 is 1.28 bits per heavy atom. The number of hydrogen-bond donors (Lipinski definition) is 0. The van der Waals surface area contributed by atoms with Crippen molar-refractivity contribution >= 4 is 31.1 Å². The first-order valence-corrected chi connectivity index (χ1v) is 15.6. The Morgan fingerprint density at radius 2 is 2.00 bits per heavy atom. The molecule has 0 aliphatic heterocycles. The third kappa shape index (κ3) is 7.88. The van der Waals surface area contributed by atoms with Crippen molar-refractivity contribution in [3.63, 3.8) is 0 Å². The molecule has 2 aromatic rings. The summed E-state index contributed by atoms with van der Waals surface area (Å²) >= 11 is -1.50. The Morgan fingerprint density at radius 3 is 2.56 bits per heavy atom. The van der Waals surface area contributed by atoms with Gasteiger partial charge in [-0.2, -0.15) is 0 Å². The van der Waals surface area contributed by atoms with Crippen molar-refractivity contribution in [3.05, 3.63) is 53.6 Å². The van der Waals surface area contributed by atoms with Crippen molar-refractivity contribution < 1.29 is 18.8 Å². The van der Waals surface area contributed by atoms with Crippen LogP contribution in [0.2, 0.25) is 25.7 Å². The zero-order valence-corrected chi connectivity index (χ0v) is 22.0. The predicted octanol–water partition coefficient (Wildman–Crippen LogP) is 4.67. The highest BCUT2D eigenvalue weighted by Crippen LogP contribution is 2.22. The molecule has 7 nitrogen and oxygen atoms in total. The molecule has 1 unspecified atom stereocenters. The molecule has 0 saturated carbocycles. The fourth-order valence-electron chi connectivity index (χ4n) is 2.63. The molecule has 0 aliphatic carbocycles. The second kappa shape index (κ2) is 11.3. The van der Waals surface area contributed by atoms with Crippen LogP contribution in [0, 0.1) is 0 Å². The number of ether oxygens (including phenoxy) is 2. The van der Waals surface area contributed by atoms with Gasteiger partial charge in [0.2, 0.25) is 0 Å². The van der Waals surface area contributed by atoms with E-state index in [0.29, 0.717) is 29.3 Å². The second-order valence-electron chi connectivity index (χ2n) is 9.67. The molecule has 0 aromatic carbocycles. The Hall–Kier alpha value is -1.94. The lowest BCUT2D eigenvalue weighted by molar-refractivity contribution is 0.0473. The Bertz CT molecular complexity index is 918. The molecule has 2 heterocycles. The molecule has 176 valence electrons. The van der Waals surface area contributed by atoms with Crippen LogP contribution in [0.1, 0.15) is 49.4 Å². The molecule has 1 atom stereocenters. The summed E-state index contributed by atoms with van der Waals surface area (Å²) in [5, 5.41) is 0.